The maximum absolute atomic E-state index is 8.95. The second-order valence-electron chi connectivity index (χ2n) is 3.82. The van der Waals surface area contributed by atoms with Gasteiger partial charge in [-0.1, -0.05) is 18.2 Å². The van der Waals surface area contributed by atoms with E-state index in [-0.39, 0.29) is 6.61 Å². The van der Waals surface area contributed by atoms with Gasteiger partial charge < -0.3 is 15.3 Å². The highest BCUT2D eigenvalue weighted by Gasteiger charge is 2.10. The van der Waals surface area contributed by atoms with Crippen LogP contribution in [0.3, 0.4) is 0 Å². The Balaban J connectivity index is 2.50. The van der Waals surface area contributed by atoms with E-state index in [0.29, 0.717) is 6.42 Å². The fourth-order valence-corrected chi connectivity index (χ4v) is 1.82. The fourth-order valence-electron chi connectivity index (χ4n) is 1.82. The number of nitrogen functional groups attached to an aromatic ring is 1. The number of hydrogen-bond donors (Lipinski definition) is 2. The van der Waals surface area contributed by atoms with E-state index < -0.39 is 0 Å². The predicted octanol–water partition coefficient (Wildman–Crippen LogP) is 2.37. The van der Waals surface area contributed by atoms with Gasteiger partial charge in [-0.25, -0.2) is 0 Å². The standard InChI is InChI=1S/C13H15NO2/c1-9-7-16-8-12(9)11-4-2-3-10(5-6-15)13(11)14/h2-4,7-8,15H,5-6,14H2,1H3. The Kier molecular flexibility index (Phi) is 2.97. The van der Waals surface area contributed by atoms with Crippen LogP contribution in [0.25, 0.3) is 11.1 Å². The predicted molar refractivity (Wildman–Crippen MR) is 64.1 cm³/mol. The zero-order valence-electron chi connectivity index (χ0n) is 9.23. The first-order valence-electron chi connectivity index (χ1n) is 5.25. The Morgan fingerprint density at radius 2 is 2.06 bits per heavy atom. The van der Waals surface area contributed by atoms with E-state index in [9.17, 15) is 0 Å². The highest BCUT2D eigenvalue weighted by Crippen LogP contribution is 2.31. The molecule has 1 heterocycles. The molecule has 0 saturated carbocycles. The summed E-state index contributed by atoms with van der Waals surface area (Å²) in [6, 6.07) is 5.85. The minimum absolute atomic E-state index is 0.109. The molecule has 3 N–H and O–H groups in total. The van der Waals surface area contributed by atoms with Crippen LogP contribution < -0.4 is 5.73 Å². The molecule has 0 fully saturated rings. The number of nitrogens with two attached hydrogens (primary N) is 1. The monoisotopic (exact) mass is 217 g/mol. The highest BCUT2D eigenvalue weighted by molar-refractivity contribution is 5.79. The van der Waals surface area contributed by atoms with Gasteiger partial charge in [0.05, 0.1) is 12.5 Å². The summed E-state index contributed by atoms with van der Waals surface area (Å²) in [6.45, 7) is 2.09. The highest BCUT2D eigenvalue weighted by atomic mass is 16.3. The van der Waals surface area contributed by atoms with Gasteiger partial charge in [0.1, 0.15) is 0 Å². The van der Waals surface area contributed by atoms with Crippen molar-refractivity contribution in [1.82, 2.24) is 0 Å². The molecule has 0 aliphatic rings. The number of aliphatic hydroxyl groups is 1. The van der Waals surface area contributed by atoms with Gasteiger partial charge in [0, 0.05) is 23.4 Å². The van der Waals surface area contributed by atoms with Crippen LogP contribution in [0.15, 0.2) is 35.1 Å². The Labute approximate surface area is 94.5 Å². The first-order valence-corrected chi connectivity index (χ1v) is 5.25. The molecule has 0 saturated heterocycles. The van der Waals surface area contributed by atoms with Gasteiger partial charge in [-0.3, -0.25) is 0 Å². The van der Waals surface area contributed by atoms with E-state index in [1.807, 2.05) is 25.1 Å². The first-order chi connectivity index (χ1) is 7.74. The molecule has 0 atom stereocenters. The van der Waals surface area contributed by atoms with E-state index in [0.717, 1.165) is 27.9 Å². The molecule has 0 radical (unpaired) electrons. The van der Waals surface area contributed by atoms with Crippen LogP contribution in [0.5, 0.6) is 0 Å². The lowest BCUT2D eigenvalue weighted by atomic mass is 9.99. The molecule has 2 rings (SSSR count). The van der Waals surface area contributed by atoms with Gasteiger partial charge in [0.25, 0.3) is 0 Å². The molecular weight excluding hydrogens is 202 g/mol. The zero-order valence-corrected chi connectivity index (χ0v) is 9.23. The van der Waals surface area contributed by atoms with Crippen LogP contribution >= 0.6 is 0 Å². The summed E-state index contributed by atoms with van der Waals surface area (Å²) >= 11 is 0. The summed E-state index contributed by atoms with van der Waals surface area (Å²) in [4.78, 5) is 0. The minimum atomic E-state index is 0.109. The molecule has 16 heavy (non-hydrogen) atoms. The van der Waals surface area contributed by atoms with Gasteiger partial charge in [0.2, 0.25) is 0 Å². The molecule has 3 heteroatoms. The molecule has 84 valence electrons. The van der Waals surface area contributed by atoms with Crippen molar-refractivity contribution in [3.8, 4) is 11.1 Å². The molecule has 0 unspecified atom stereocenters. The average molecular weight is 217 g/mol. The molecule has 0 spiro atoms. The first kappa shape index (κ1) is 10.8. The van der Waals surface area contributed by atoms with Crippen molar-refractivity contribution in [2.75, 3.05) is 12.3 Å². The molecule has 2 aromatic rings. The third kappa shape index (κ3) is 1.82. The van der Waals surface area contributed by atoms with Crippen LogP contribution in [-0.4, -0.2) is 11.7 Å². The summed E-state index contributed by atoms with van der Waals surface area (Å²) in [5.41, 5.74) is 10.8. The number of rotatable bonds is 3. The molecular formula is C13H15NO2. The molecule has 1 aromatic heterocycles. The molecule has 1 aromatic carbocycles. The van der Waals surface area contributed by atoms with Crippen LogP contribution in [0.4, 0.5) is 5.69 Å². The molecule has 0 aliphatic heterocycles. The lowest BCUT2D eigenvalue weighted by Crippen LogP contribution is -1.99. The number of aryl methyl sites for hydroxylation is 1. The molecule has 3 nitrogen and oxygen atoms in total. The summed E-state index contributed by atoms with van der Waals surface area (Å²) in [5, 5.41) is 8.95. The van der Waals surface area contributed by atoms with Crippen molar-refractivity contribution >= 4 is 5.69 Å². The Bertz CT molecular complexity index is 488. The number of para-hydroxylation sites is 1. The van der Waals surface area contributed by atoms with Gasteiger partial charge in [0.15, 0.2) is 0 Å². The molecule has 0 bridgehead atoms. The number of anilines is 1. The number of furan rings is 1. The average Bonchev–Trinajstić information content (AvgIpc) is 2.68. The SMILES string of the molecule is Cc1cocc1-c1cccc(CCO)c1N. The Hall–Kier alpha value is -1.74. The van der Waals surface area contributed by atoms with Gasteiger partial charge in [-0.2, -0.15) is 0 Å². The molecule has 0 amide bonds. The lowest BCUT2D eigenvalue weighted by molar-refractivity contribution is 0.300. The van der Waals surface area contributed by atoms with Crippen LogP contribution in [0, 0.1) is 6.92 Å². The number of benzene rings is 1. The van der Waals surface area contributed by atoms with Crippen LogP contribution in [0.2, 0.25) is 0 Å². The third-order valence-corrected chi connectivity index (χ3v) is 2.72. The zero-order chi connectivity index (χ0) is 11.5. The van der Waals surface area contributed by atoms with Crippen molar-refractivity contribution in [1.29, 1.82) is 0 Å². The van der Waals surface area contributed by atoms with Crippen molar-refractivity contribution in [3.63, 3.8) is 0 Å². The van der Waals surface area contributed by atoms with E-state index >= 15 is 0 Å². The second-order valence-corrected chi connectivity index (χ2v) is 3.82. The maximum atomic E-state index is 8.95. The quantitative estimate of drug-likeness (QED) is 0.776. The van der Waals surface area contributed by atoms with Crippen LogP contribution in [0.1, 0.15) is 11.1 Å². The number of aliphatic hydroxyl groups excluding tert-OH is 1. The van der Waals surface area contributed by atoms with Gasteiger partial charge in [-0.05, 0) is 24.5 Å². The van der Waals surface area contributed by atoms with E-state index in [2.05, 4.69) is 0 Å². The topological polar surface area (TPSA) is 59.4 Å². The van der Waals surface area contributed by atoms with E-state index in [1.165, 1.54) is 0 Å². The molecule has 0 aliphatic carbocycles. The van der Waals surface area contributed by atoms with Gasteiger partial charge >= 0.3 is 0 Å². The van der Waals surface area contributed by atoms with Crippen molar-refractivity contribution in [2.45, 2.75) is 13.3 Å². The van der Waals surface area contributed by atoms with Crippen molar-refractivity contribution in [2.24, 2.45) is 0 Å². The summed E-state index contributed by atoms with van der Waals surface area (Å²) < 4.78 is 5.15. The van der Waals surface area contributed by atoms with Gasteiger partial charge in [-0.15, -0.1) is 0 Å². The summed E-state index contributed by atoms with van der Waals surface area (Å²) in [5.74, 6) is 0. The van der Waals surface area contributed by atoms with E-state index in [4.69, 9.17) is 15.3 Å². The van der Waals surface area contributed by atoms with E-state index in [1.54, 1.807) is 12.5 Å². The lowest BCUT2D eigenvalue weighted by Gasteiger charge is -2.09. The fraction of sp³-hybridized carbons (Fsp3) is 0.231. The number of hydrogen-bond acceptors (Lipinski definition) is 3. The van der Waals surface area contributed by atoms with Crippen molar-refractivity contribution in [3.05, 3.63) is 41.9 Å². The maximum Gasteiger partial charge on any atom is 0.0984 e. The minimum Gasteiger partial charge on any atom is -0.472 e. The van der Waals surface area contributed by atoms with Crippen LogP contribution in [-0.2, 0) is 6.42 Å². The Morgan fingerprint density at radius 1 is 1.25 bits per heavy atom. The van der Waals surface area contributed by atoms with Crippen molar-refractivity contribution < 1.29 is 9.52 Å². The largest absolute Gasteiger partial charge is 0.472 e. The summed E-state index contributed by atoms with van der Waals surface area (Å²) in [6.07, 6.45) is 3.98. The normalized spacial score (nSPS) is 10.6. The second kappa shape index (κ2) is 4.41. The Morgan fingerprint density at radius 3 is 2.69 bits per heavy atom. The third-order valence-electron chi connectivity index (χ3n) is 2.72. The smallest absolute Gasteiger partial charge is 0.0984 e. The summed E-state index contributed by atoms with van der Waals surface area (Å²) in [7, 11) is 0.